The molecule has 0 bridgehead atoms. The largest absolute Gasteiger partial charge is 0.305 e. The van der Waals surface area contributed by atoms with Gasteiger partial charge in [0, 0.05) is 23.9 Å². The first kappa shape index (κ1) is 15.3. The minimum Gasteiger partial charge on any atom is -0.305 e. The first-order chi connectivity index (χ1) is 9.92. The summed E-state index contributed by atoms with van der Waals surface area (Å²) in [5, 5.41) is 19.8. The van der Waals surface area contributed by atoms with Crippen LogP contribution in [0.15, 0.2) is 18.2 Å². The molecule has 0 aliphatic carbocycles. The number of nitro groups is 1. The van der Waals surface area contributed by atoms with E-state index in [2.05, 4.69) is 15.5 Å². The van der Waals surface area contributed by atoms with Crippen molar-refractivity contribution in [2.75, 3.05) is 5.32 Å². The Balaban J connectivity index is 2.32. The monoisotopic (exact) mass is 328 g/mol. The Morgan fingerprint density at radius 2 is 2.14 bits per heavy atom. The van der Waals surface area contributed by atoms with Crippen LogP contribution >= 0.6 is 23.2 Å². The van der Waals surface area contributed by atoms with Gasteiger partial charge in [0.25, 0.3) is 11.6 Å². The molecule has 2 N–H and O–H groups in total. The molecule has 0 fully saturated rings. The van der Waals surface area contributed by atoms with Crippen molar-refractivity contribution in [2.24, 2.45) is 0 Å². The normalized spacial score (nSPS) is 10.4. The number of hydrogen-bond acceptors (Lipinski definition) is 4. The fourth-order valence-corrected chi connectivity index (χ4v) is 2.04. The van der Waals surface area contributed by atoms with Gasteiger partial charge in [-0.1, -0.05) is 30.1 Å². The smallest absolute Gasteiger partial charge is 0.271 e. The van der Waals surface area contributed by atoms with Gasteiger partial charge in [-0.2, -0.15) is 5.10 Å². The molecule has 0 unspecified atom stereocenters. The molecule has 0 saturated carbocycles. The third-order valence-electron chi connectivity index (χ3n) is 2.72. The summed E-state index contributed by atoms with van der Waals surface area (Å²) in [5.74, 6) is -0.324. The number of carbonyl (C=O) groups is 1. The van der Waals surface area contributed by atoms with Gasteiger partial charge in [0.15, 0.2) is 5.82 Å². The van der Waals surface area contributed by atoms with Crippen molar-refractivity contribution in [1.82, 2.24) is 10.2 Å². The van der Waals surface area contributed by atoms with Crippen LogP contribution in [0.4, 0.5) is 11.5 Å². The molecule has 0 aliphatic heterocycles. The zero-order valence-electron chi connectivity index (χ0n) is 10.8. The summed E-state index contributed by atoms with van der Waals surface area (Å²) in [6.07, 6.45) is 0.728. The molecule has 1 heterocycles. The van der Waals surface area contributed by atoms with Crippen LogP contribution < -0.4 is 5.32 Å². The van der Waals surface area contributed by atoms with Gasteiger partial charge >= 0.3 is 0 Å². The molecule has 1 aromatic heterocycles. The molecular weight excluding hydrogens is 319 g/mol. The van der Waals surface area contributed by atoms with E-state index in [1.807, 2.05) is 6.92 Å². The Morgan fingerprint density at radius 1 is 1.43 bits per heavy atom. The van der Waals surface area contributed by atoms with E-state index in [1.54, 1.807) is 6.07 Å². The van der Waals surface area contributed by atoms with Crippen molar-refractivity contribution in [3.8, 4) is 0 Å². The third-order valence-corrected chi connectivity index (χ3v) is 3.52. The molecule has 21 heavy (non-hydrogen) atoms. The van der Waals surface area contributed by atoms with E-state index in [0.717, 1.165) is 24.2 Å². The fraction of sp³-hybridized carbons (Fsp3) is 0.167. The number of aromatic nitrogens is 2. The molecule has 1 aromatic carbocycles. The summed E-state index contributed by atoms with van der Waals surface area (Å²) in [5.41, 5.74) is 0.441. The Bertz CT molecular complexity index is 715. The van der Waals surface area contributed by atoms with E-state index in [4.69, 9.17) is 23.2 Å². The van der Waals surface area contributed by atoms with Crippen molar-refractivity contribution in [3.05, 3.63) is 49.6 Å². The van der Waals surface area contributed by atoms with Gasteiger partial charge in [0.05, 0.1) is 20.5 Å². The number of nitrogens with one attached hydrogen (secondary N) is 2. The lowest BCUT2D eigenvalue weighted by molar-refractivity contribution is -0.384. The van der Waals surface area contributed by atoms with Crippen LogP contribution in [0.5, 0.6) is 0 Å². The molecule has 110 valence electrons. The number of nitro benzene ring substituents is 1. The van der Waals surface area contributed by atoms with Gasteiger partial charge in [0.2, 0.25) is 0 Å². The first-order valence-electron chi connectivity index (χ1n) is 5.91. The molecule has 7 nitrogen and oxygen atoms in total. The van der Waals surface area contributed by atoms with E-state index in [-0.39, 0.29) is 21.3 Å². The number of H-pyrrole nitrogens is 1. The molecule has 0 saturated heterocycles. The summed E-state index contributed by atoms with van der Waals surface area (Å²) >= 11 is 11.7. The van der Waals surface area contributed by atoms with Crippen LogP contribution in [0.2, 0.25) is 10.0 Å². The van der Waals surface area contributed by atoms with Crippen molar-refractivity contribution in [2.45, 2.75) is 13.3 Å². The zero-order valence-corrected chi connectivity index (χ0v) is 12.3. The van der Waals surface area contributed by atoms with Crippen LogP contribution in [-0.2, 0) is 6.42 Å². The molecule has 2 rings (SSSR count). The second kappa shape index (κ2) is 6.11. The highest BCUT2D eigenvalue weighted by Gasteiger charge is 2.20. The third kappa shape index (κ3) is 3.32. The van der Waals surface area contributed by atoms with Crippen LogP contribution in [-0.4, -0.2) is 21.0 Å². The van der Waals surface area contributed by atoms with Crippen molar-refractivity contribution < 1.29 is 9.72 Å². The predicted molar refractivity (Wildman–Crippen MR) is 79.0 cm³/mol. The lowest BCUT2D eigenvalue weighted by atomic mass is 10.2. The lowest BCUT2D eigenvalue weighted by Gasteiger charge is -2.05. The van der Waals surface area contributed by atoms with E-state index < -0.39 is 10.8 Å². The summed E-state index contributed by atoms with van der Waals surface area (Å²) < 4.78 is 0. The molecule has 0 radical (unpaired) electrons. The maximum Gasteiger partial charge on any atom is 0.271 e. The topological polar surface area (TPSA) is 101 Å². The first-order valence-corrected chi connectivity index (χ1v) is 6.67. The average Bonchev–Trinajstić information content (AvgIpc) is 2.88. The predicted octanol–water partition coefficient (Wildman–Crippen LogP) is 3.44. The molecule has 0 spiro atoms. The molecule has 1 amide bonds. The van der Waals surface area contributed by atoms with Crippen molar-refractivity contribution in [3.63, 3.8) is 0 Å². The number of aromatic amines is 1. The van der Waals surface area contributed by atoms with Gasteiger partial charge in [-0.25, -0.2) is 0 Å². The lowest BCUT2D eigenvalue weighted by Crippen LogP contribution is -2.13. The summed E-state index contributed by atoms with van der Waals surface area (Å²) in [6.45, 7) is 1.93. The van der Waals surface area contributed by atoms with Crippen LogP contribution in [0.1, 0.15) is 23.0 Å². The van der Waals surface area contributed by atoms with Crippen LogP contribution in [0, 0.1) is 10.1 Å². The number of carbonyl (C=O) groups excluding carboxylic acids is 1. The highest BCUT2D eigenvalue weighted by atomic mass is 35.5. The highest BCUT2D eigenvalue weighted by Crippen LogP contribution is 2.31. The minimum absolute atomic E-state index is 0.0500. The number of hydrogen-bond donors (Lipinski definition) is 2. The molecule has 9 heteroatoms. The Hall–Kier alpha value is -2.12. The van der Waals surface area contributed by atoms with E-state index >= 15 is 0 Å². The molecular formula is C12H10Cl2N4O3. The van der Waals surface area contributed by atoms with E-state index in [0.29, 0.717) is 5.82 Å². The fourth-order valence-electron chi connectivity index (χ4n) is 1.64. The Morgan fingerprint density at radius 3 is 2.71 bits per heavy atom. The average molecular weight is 329 g/mol. The number of halogens is 2. The number of benzene rings is 1. The van der Waals surface area contributed by atoms with Gasteiger partial charge in [-0.3, -0.25) is 20.0 Å². The standard InChI is InChI=1S/C12H10Cl2N4O3/c1-2-6-3-10(17-16-6)15-12(19)8-4-7(18(20)21)5-9(13)11(8)14/h3-5H,2H2,1H3,(H2,15,16,17,19). The van der Waals surface area contributed by atoms with Crippen molar-refractivity contribution >= 4 is 40.6 Å². The van der Waals surface area contributed by atoms with Crippen LogP contribution in [0.3, 0.4) is 0 Å². The Labute approximate surface area is 129 Å². The summed E-state index contributed by atoms with van der Waals surface area (Å²) in [4.78, 5) is 22.3. The SMILES string of the molecule is CCc1cc(NC(=O)c2cc([N+](=O)[O-])cc(Cl)c2Cl)n[nH]1. The zero-order chi connectivity index (χ0) is 15.6. The quantitative estimate of drug-likeness (QED) is 0.663. The number of aryl methyl sites for hydroxylation is 1. The van der Waals surface area contributed by atoms with Crippen LogP contribution in [0.25, 0.3) is 0 Å². The summed E-state index contributed by atoms with van der Waals surface area (Å²) in [6, 6.07) is 3.81. The summed E-state index contributed by atoms with van der Waals surface area (Å²) in [7, 11) is 0. The van der Waals surface area contributed by atoms with Crippen molar-refractivity contribution in [1.29, 1.82) is 0 Å². The minimum atomic E-state index is -0.650. The second-order valence-corrected chi connectivity index (χ2v) is 4.92. The highest BCUT2D eigenvalue weighted by molar-refractivity contribution is 6.44. The molecule has 2 aromatic rings. The van der Waals surface area contributed by atoms with E-state index in [9.17, 15) is 14.9 Å². The molecule has 0 atom stereocenters. The van der Waals surface area contributed by atoms with Gasteiger partial charge in [0.1, 0.15) is 0 Å². The number of rotatable bonds is 4. The number of nitrogens with zero attached hydrogens (tertiary/aromatic N) is 2. The van der Waals surface area contributed by atoms with Gasteiger partial charge in [-0.15, -0.1) is 0 Å². The molecule has 0 aliphatic rings. The van der Waals surface area contributed by atoms with Gasteiger partial charge in [-0.05, 0) is 6.42 Å². The van der Waals surface area contributed by atoms with Gasteiger partial charge < -0.3 is 5.32 Å². The second-order valence-electron chi connectivity index (χ2n) is 4.13. The number of anilines is 1. The number of non-ortho nitro benzene ring substituents is 1. The Kier molecular flexibility index (Phi) is 4.44. The maximum atomic E-state index is 12.1. The number of amides is 1. The maximum absolute atomic E-state index is 12.1. The van der Waals surface area contributed by atoms with E-state index in [1.165, 1.54) is 0 Å².